The molecule has 0 bridgehead atoms. The molecule has 2 amide bonds. The zero-order valence-corrected chi connectivity index (χ0v) is 17.0. The number of anilines is 2. The highest BCUT2D eigenvalue weighted by atomic mass is 35.5. The summed E-state index contributed by atoms with van der Waals surface area (Å²) in [5.74, 6) is -0.471. The van der Waals surface area contributed by atoms with E-state index >= 15 is 0 Å². The van der Waals surface area contributed by atoms with Crippen molar-refractivity contribution in [2.24, 2.45) is 0 Å². The number of hydrogen-bond donors (Lipinski definition) is 3. The fourth-order valence-corrected chi connectivity index (χ4v) is 4.12. The molecule has 2 heterocycles. The van der Waals surface area contributed by atoms with Crippen molar-refractivity contribution >= 4 is 56.7 Å². The third kappa shape index (κ3) is 4.40. The third-order valence-corrected chi connectivity index (χ3v) is 5.50. The molecule has 2 aromatic heterocycles. The maximum atomic E-state index is 12.4. The molecule has 9 heteroatoms. The Morgan fingerprint density at radius 1 is 1.07 bits per heavy atom. The number of urea groups is 1. The van der Waals surface area contributed by atoms with Crippen LogP contribution in [0.4, 0.5) is 16.3 Å². The summed E-state index contributed by atoms with van der Waals surface area (Å²) in [4.78, 5) is 31.8. The van der Waals surface area contributed by atoms with Crippen LogP contribution in [0.2, 0.25) is 5.02 Å². The number of aromatic nitrogens is 2. The van der Waals surface area contributed by atoms with Crippen LogP contribution in [0.1, 0.15) is 5.56 Å². The van der Waals surface area contributed by atoms with Gasteiger partial charge in [-0.2, -0.15) is 0 Å². The van der Waals surface area contributed by atoms with Gasteiger partial charge >= 0.3 is 12.0 Å². The van der Waals surface area contributed by atoms with Crippen molar-refractivity contribution in [2.75, 3.05) is 10.6 Å². The lowest BCUT2D eigenvalue weighted by atomic mass is 10.0. The van der Waals surface area contributed by atoms with Crippen LogP contribution in [0.15, 0.2) is 60.2 Å². The molecule has 2 aromatic carbocycles. The van der Waals surface area contributed by atoms with Crippen molar-refractivity contribution in [3.63, 3.8) is 0 Å². The fourth-order valence-electron chi connectivity index (χ4n) is 2.96. The van der Waals surface area contributed by atoms with E-state index in [0.29, 0.717) is 22.0 Å². The summed E-state index contributed by atoms with van der Waals surface area (Å²) in [5, 5.41) is 16.8. The van der Waals surface area contributed by atoms with E-state index in [1.54, 1.807) is 36.4 Å². The van der Waals surface area contributed by atoms with E-state index in [2.05, 4.69) is 20.6 Å². The molecule has 0 aliphatic carbocycles. The highest BCUT2D eigenvalue weighted by molar-refractivity contribution is 7.18. The molecule has 0 radical (unpaired) electrons. The zero-order chi connectivity index (χ0) is 21.1. The molecule has 0 saturated heterocycles. The molecule has 0 unspecified atom stereocenters. The number of amides is 2. The van der Waals surface area contributed by atoms with E-state index < -0.39 is 12.0 Å². The van der Waals surface area contributed by atoms with Crippen LogP contribution in [-0.2, 0) is 11.2 Å². The number of hydrogen-bond acceptors (Lipinski definition) is 5. The van der Waals surface area contributed by atoms with Gasteiger partial charge < -0.3 is 10.4 Å². The number of carbonyl (C=O) groups excluding carboxylic acids is 1. The van der Waals surface area contributed by atoms with Gasteiger partial charge in [-0.3, -0.25) is 10.1 Å². The van der Waals surface area contributed by atoms with E-state index in [1.165, 1.54) is 17.7 Å². The monoisotopic (exact) mass is 438 g/mol. The number of carboxylic acids is 1. The Morgan fingerprint density at radius 3 is 2.60 bits per heavy atom. The van der Waals surface area contributed by atoms with Gasteiger partial charge in [-0.15, -0.1) is 11.3 Å². The SMILES string of the molecule is O=C(O)Cc1ccc(-c2csc3c(NC(=O)Nc4cccc(Cl)c4)ncnc23)cc1. The molecule has 3 N–H and O–H groups in total. The van der Waals surface area contributed by atoms with Crippen LogP contribution in [0.3, 0.4) is 0 Å². The second-order valence-corrected chi connectivity index (χ2v) is 7.72. The minimum atomic E-state index is -0.872. The average molecular weight is 439 g/mol. The predicted octanol–water partition coefficient (Wildman–Crippen LogP) is 5.28. The van der Waals surface area contributed by atoms with Crippen LogP contribution >= 0.6 is 22.9 Å². The molecule has 0 atom stereocenters. The first-order chi connectivity index (χ1) is 14.5. The maximum absolute atomic E-state index is 12.4. The summed E-state index contributed by atoms with van der Waals surface area (Å²) in [6, 6.07) is 13.7. The van der Waals surface area contributed by atoms with Gasteiger partial charge in [-0.1, -0.05) is 41.9 Å². The number of fused-ring (bicyclic) bond motifs is 1. The molecule has 7 nitrogen and oxygen atoms in total. The summed E-state index contributed by atoms with van der Waals surface area (Å²) in [6.07, 6.45) is 1.37. The first kappa shape index (κ1) is 19.8. The van der Waals surface area contributed by atoms with Crippen molar-refractivity contribution < 1.29 is 14.7 Å². The Balaban J connectivity index is 1.57. The molecule has 30 heavy (non-hydrogen) atoms. The lowest BCUT2D eigenvalue weighted by molar-refractivity contribution is -0.136. The van der Waals surface area contributed by atoms with Gasteiger partial charge in [-0.05, 0) is 29.3 Å². The Hall–Kier alpha value is -3.49. The Morgan fingerprint density at radius 2 is 1.87 bits per heavy atom. The third-order valence-electron chi connectivity index (χ3n) is 4.29. The summed E-state index contributed by atoms with van der Waals surface area (Å²) >= 11 is 7.36. The smallest absolute Gasteiger partial charge is 0.324 e. The highest BCUT2D eigenvalue weighted by Crippen LogP contribution is 2.35. The van der Waals surface area contributed by atoms with E-state index in [9.17, 15) is 9.59 Å². The minimum Gasteiger partial charge on any atom is -0.481 e. The van der Waals surface area contributed by atoms with Crippen molar-refractivity contribution in [1.29, 1.82) is 0 Å². The molecule has 4 aromatic rings. The van der Waals surface area contributed by atoms with Gasteiger partial charge in [0, 0.05) is 21.7 Å². The topological polar surface area (TPSA) is 104 Å². The predicted molar refractivity (Wildman–Crippen MR) is 118 cm³/mol. The van der Waals surface area contributed by atoms with Crippen LogP contribution in [0.25, 0.3) is 21.3 Å². The maximum Gasteiger partial charge on any atom is 0.324 e. The van der Waals surface area contributed by atoms with Gasteiger partial charge in [0.15, 0.2) is 5.82 Å². The first-order valence-electron chi connectivity index (χ1n) is 8.86. The van der Waals surface area contributed by atoms with Crippen molar-refractivity contribution in [2.45, 2.75) is 6.42 Å². The second kappa shape index (κ2) is 8.48. The number of carboxylic acid groups (broad SMARTS) is 1. The molecule has 4 rings (SSSR count). The number of nitrogens with zero attached hydrogens (tertiary/aromatic N) is 2. The lowest BCUT2D eigenvalue weighted by Crippen LogP contribution is -2.20. The molecule has 150 valence electrons. The zero-order valence-electron chi connectivity index (χ0n) is 15.4. The van der Waals surface area contributed by atoms with Crippen LogP contribution < -0.4 is 10.6 Å². The lowest BCUT2D eigenvalue weighted by Gasteiger charge is -2.08. The van der Waals surface area contributed by atoms with Gasteiger partial charge in [-0.25, -0.2) is 14.8 Å². The van der Waals surface area contributed by atoms with E-state index in [0.717, 1.165) is 21.4 Å². The Kier molecular flexibility index (Phi) is 5.60. The quantitative estimate of drug-likeness (QED) is 0.393. The normalized spacial score (nSPS) is 10.7. The van der Waals surface area contributed by atoms with Crippen molar-refractivity contribution in [3.05, 3.63) is 70.8 Å². The molecule has 0 fully saturated rings. The number of carbonyl (C=O) groups is 2. The summed E-state index contributed by atoms with van der Waals surface area (Å²) in [7, 11) is 0. The van der Waals surface area contributed by atoms with Crippen LogP contribution in [0, 0.1) is 0 Å². The molecule has 0 aliphatic rings. The van der Waals surface area contributed by atoms with Crippen molar-refractivity contribution in [3.8, 4) is 11.1 Å². The first-order valence-corrected chi connectivity index (χ1v) is 10.1. The Labute approximate surface area is 180 Å². The number of thiophene rings is 1. The van der Waals surface area contributed by atoms with E-state index in [4.69, 9.17) is 16.7 Å². The highest BCUT2D eigenvalue weighted by Gasteiger charge is 2.14. The number of nitrogens with one attached hydrogen (secondary N) is 2. The van der Waals surface area contributed by atoms with Crippen LogP contribution in [0.5, 0.6) is 0 Å². The van der Waals surface area contributed by atoms with Gasteiger partial charge in [0.05, 0.1) is 16.6 Å². The van der Waals surface area contributed by atoms with Crippen molar-refractivity contribution in [1.82, 2.24) is 9.97 Å². The molecule has 0 aliphatic heterocycles. The van der Waals surface area contributed by atoms with Gasteiger partial charge in [0.25, 0.3) is 0 Å². The second-order valence-electron chi connectivity index (χ2n) is 6.41. The van der Waals surface area contributed by atoms with Crippen LogP contribution in [-0.4, -0.2) is 27.1 Å². The van der Waals surface area contributed by atoms with E-state index in [-0.39, 0.29) is 6.42 Å². The molecule has 0 spiro atoms. The summed E-state index contributed by atoms with van der Waals surface area (Å²) < 4.78 is 0.739. The molecular weight excluding hydrogens is 424 g/mol. The minimum absolute atomic E-state index is 0.0252. The number of rotatable bonds is 5. The largest absolute Gasteiger partial charge is 0.481 e. The van der Waals surface area contributed by atoms with E-state index in [1.807, 2.05) is 17.5 Å². The fraction of sp³-hybridized carbons (Fsp3) is 0.0476. The molecular formula is C21H15ClN4O3S. The summed E-state index contributed by atoms with van der Waals surface area (Å²) in [5.41, 5.74) is 3.79. The average Bonchev–Trinajstić information content (AvgIpc) is 3.13. The number of aliphatic carboxylic acids is 1. The standard InChI is InChI=1S/C21H15ClN4O3S/c22-14-2-1-3-15(9-14)25-21(29)26-20-19-18(23-11-24-20)16(10-30-19)13-6-4-12(5-7-13)8-17(27)28/h1-7,9-11H,8H2,(H,27,28)(H2,23,24,25,26,29). The number of halogens is 1. The number of benzene rings is 2. The van der Waals surface area contributed by atoms with Gasteiger partial charge in [0.1, 0.15) is 6.33 Å². The summed E-state index contributed by atoms with van der Waals surface area (Å²) in [6.45, 7) is 0. The Bertz CT molecular complexity index is 1240. The van der Waals surface area contributed by atoms with Gasteiger partial charge in [0.2, 0.25) is 0 Å². The molecule has 0 saturated carbocycles.